The lowest BCUT2D eigenvalue weighted by Gasteiger charge is -2.17. The monoisotopic (exact) mass is 454 g/mol. The van der Waals surface area contributed by atoms with Crippen LogP contribution in [0.2, 0.25) is 0 Å². The zero-order chi connectivity index (χ0) is 16.3. The summed E-state index contributed by atoms with van der Waals surface area (Å²) in [4.78, 5) is 6.86. The lowest BCUT2D eigenvalue weighted by molar-refractivity contribution is 0.0420. The fraction of sp³-hybridized carbons (Fsp3) is 0.941. The zero-order valence-corrected chi connectivity index (χ0v) is 17.6. The van der Waals surface area contributed by atoms with Crippen LogP contribution < -0.4 is 10.6 Å². The van der Waals surface area contributed by atoms with Crippen LogP contribution in [0.5, 0.6) is 0 Å². The maximum Gasteiger partial charge on any atom is 0.190 e. The second kappa shape index (κ2) is 13.1. The summed E-state index contributed by atoms with van der Waals surface area (Å²) >= 11 is 0. The van der Waals surface area contributed by atoms with Crippen molar-refractivity contribution < 1.29 is 9.47 Å². The van der Waals surface area contributed by atoms with Crippen molar-refractivity contribution in [1.29, 1.82) is 0 Å². The van der Waals surface area contributed by atoms with E-state index in [-0.39, 0.29) is 24.0 Å². The van der Waals surface area contributed by atoms with E-state index in [1.165, 1.54) is 32.5 Å². The van der Waals surface area contributed by atoms with Crippen LogP contribution in [0.15, 0.2) is 4.99 Å². The van der Waals surface area contributed by atoms with Crippen molar-refractivity contribution in [3.63, 3.8) is 0 Å². The van der Waals surface area contributed by atoms with Crippen molar-refractivity contribution in [2.45, 2.75) is 38.7 Å². The van der Waals surface area contributed by atoms with Crippen LogP contribution >= 0.6 is 24.0 Å². The molecule has 2 N–H and O–H groups in total. The number of likely N-dealkylation sites (tertiary alicyclic amines) is 1. The van der Waals surface area contributed by atoms with Gasteiger partial charge in [0.25, 0.3) is 0 Å². The van der Waals surface area contributed by atoms with E-state index in [0.29, 0.717) is 6.10 Å². The molecule has 7 heteroatoms. The van der Waals surface area contributed by atoms with Crippen LogP contribution in [0, 0.1) is 5.92 Å². The Hall–Kier alpha value is -0.120. The first-order valence-electron chi connectivity index (χ1n) is 9.18. The minimum absolute atomic E-state index is 0. The van der Waals surface area contributed by atoms with Gasteiger partial charge in [0.2, 0.25) is 0 Å². The molecule has 0 radical (unpaired) electrons. The van der Waals surface area contributed by atoms with Crippen LogP contribution in [-0.2, 0) is 9.47 Å². The van der Waals surface area contributed by atoms with Gasteiger partial charge in [-0.2, -0.15) is 0 Å². The Bertz CT molecular complexity index is 351. The molecule has 2 saturated heterocycles. The quantitative estimate of drug-likeness (QED) is 0.241. The topological polar surface area (TPSA) is 58.1 Å². The molecule has 2 rings (SSSR count). The summed E-state index contributed by atoms with van der Waals surface area (Å²) in [5.41, 5.74) is 0. The van der Waals surface area contributed by atoms with Crippen LogP contribution in [0.1, 0.15) is 32.6 Å². The zero-order valence-electron chi connectivity index (χ0n) is 15.3. The molecule has 24 heavy (non-hydrogen) atoms. The summed E-state index contributed by atoms with van der Waals surface area (Å²) < 4.78 is 11.1. The van der Waals surface area contributed by atoms with Gasteiger partial charge >= 0.3 is 0 Å². The molecule has 2 atom stereocenters. The molecule has 0 spiro atoms. The van der Waals surface area contributed by atoms with E-state index in [4.69, 9.17) is 9.47 Å². The van der Waals surface area contributed by atoms with Crippen molar-refractivity contribution in [1.82, 2.24) is 15.5 Å². The van der Waals surface area contributed by atoms with Crippen molar-refractivity contribution >= 4 is 29.9 Å². The molecule has 0 saturated carbocycles. The van der Waals surface area contributed by atoms with Crippen LogP contribution in [-0.4, -0.2) is 76.6 Å². The average Bonchev–Trinajstić information content (AvgIpc) is 3.22. The Morgan fingerprint density at radius 1 is 1.33 bits per heavy atom. The van der Waals surface area contributed by atoms with Crippen molar-refractivity contribution in [2.75, 3.05) is 59.6 Å². The minimum atomic E-state index is 0. The van der Waals surface area contributed by atoms with E-state index in [1.807, 2.05) is 7.05 Å². The largest absolute Gasteiger partial charge is 0.379 e. The van der Waals surface area contributed by atoms with Gasteiger partial charge in [-0.25, -0.2) is 0 Å². The van der Waals surface area contributed by atoms with E-state index >= 15 is 0 Å². The molecule has 0 amide bonds. The lowest BCUT2D eigenvalue weighted by atomic mass is 10.1. The number of nitrogens with zero attached hydrogens (tertiary/aromatic N) is 2. The summed E-state index contributed by atoms with van der Waals surface area (Å²) in [5, 5.41) is 6.83. The number of rotatable bonds is 9. The van der Waals surface area contributed by atoms with Crippen LogP contribution in [0.3, 0.4) is 0 Å². The smallest absolute Gasteiger partial charge is 0.190 e. The third-order valence-electron chi connectivity index (χ3n) is 4.55. The molecule has 6 nitrogen and oxygen atoms in total. The van der Waals surface area contributed by atoms with Gasteiger partial charge in [0, 0.05) is 39.9 Å². The first-order valence-corrected chi connectivity index (χ1v) is 9.18. The molecule has 0 aromatic carbocycles. The summed E-state index contributed by atoms with van der Waals surface area (Å²) in [6, 6.07) is 0. The SMILES string of the molecule is CCCN1CCC(CNC(=NC)NCCCOC2CCOC2)C1.I. The van der Waals surface area contributed by atoms with Gasteiger partial charge in [-0.15, -0.1) is 24.0 Å². The number of aliphatic imine (C=N–C) groups is 1. The highest BCUT2D eigenvalue weighted by molar-refractivity contribution is 14.0. The van der Waals surface area contributed by atoms with Gasteiger partial charge in [0.1, 0.15) is 0 Å². The lowest BCUT2D eigenvalue weighted by Crippen LogP contribution is -2.40. The molecular weight excluding hydrogens is 419 g/mol. The molecule has 2 fully saturated rings. The molecule has 142 valence electrons. The van der Waals surface area contributed by atoms with Gasteiger partial charge in [0.15, 0.2) is 5.96 Å². The maximum atomic E-state index is 5.76. The third-order valence-corrected chi connectivity index (χ3v) is 4.55. The number of guanidine groups is 1. The van der Waals surface area contributed by atoms with Gasteiger partial charge < -0.3 is 25.0 Å². The second-order valence-corrected chi connectivity index (χ2v) is 6.55. The third kappa shape index (κ3) is 8.31. The van der Waals surface area contributed by atoms with Gasteiger partial charge in [-0.1, -0.05) is 6.92 Å². The van der Waals surface area contributed by atoms with Crippen molar-refractivity contribution in [2.24, 2.45) is 10.9 Å². The predicted molar refractivity (Wildman–Crippen MR) is 109 cm³/mol. The summed E-state index contributed by atoms with van der Waals surface area (Å²) in [6.45, 7) is 10.2. The number of halogens is 1. The van der Waals surface area contributed by atoms with Gasteiger partial charge in [0.05, 0.1) is 12.7 Å². The molecule has 0 bridgehead atoms. The molecule has 2 aliphatic heterocycles. The molecule has 0 aromatic heterocycles. The van der Waals surface area contributed by atoms with E-state index in [0.717, 1.165) is 57.6 Å². The molecular formula is C17H35IN4O2. The molecule has 0 aromatic rings. The minimum Gasteiger partial charge on any atom is -0.379 e. The number of hydrogen-bond acceptors (Lipinski definition) is 4. The van der Waals surface area contributed by atoms with Gasteiger partial charge in [-0.05, 0) is 44.7 Å². The summed E-state index contributed by atoms with van der Waals surface area (Å²) in [7, 11) is 1.83. The highest BCUT2D eigenvalue weighted by atomic mass is 127. The summed E-state index contributed by atoms with van der Waals surface area (Å²) in [6.07, 6.45) is 4.87. The Morgan fingerprint density at radius 2 is 2.21 bits per heavy atom. The second-order valence-electron chi connectivity index (χ2n) is 6.55. The Morgan fingerprint density at radius 3 is 2.92 bits per heavy atom. The number of hydrogen-bond donors (Lipinski definition) is 2. The molecule has 2 aliphatic rings. The van der Waals surface area contributed by atoms with Crippen molar-refractivity contribution in [3.8, 4) is 0 Å². The van der Waals surface area contributed by atoms with E-state index in [9.17, 15) is 0 Å². The fourth-order valence-corrected chi connectivity index (χ4v) is 3.23. The fourth-order valence-electron chi connectivity index (χ4n) is 3.23. The standard InChI is InChI=1S/C17H34N4O2.HI/c1-3-8-21-9-5-15(13-21)12-20-17(18-2)19-7-4-10-23-16-6-11-22-14-16;/h15-16H,3-14H2,1-2H3,(H2,18,19,20);1H. The molecule has 2 heterocycles. The van der Waals surface area contributed by atoms with Crippen LogP contribution in [0.25, 0.3) is 0 Å². The van der Waals surface area contributed by atoms with Gasteiger partial charge in [-0.3, -0.25) is 4.99 Å². The van der Waals surface area contributed by atoms with E-state index in [2.05, 4.69) is 27.4 Å². The first kappa shape index (κ1) is 21.9. The maximum absolute atomic E-state index is 5.76. The molecule has 0 aliphatic carbocycles. The molecule has 2 unspecified atom stereocenters. The number of ether oxygens (including phenoxy) is 2. The summed E-state index contributed by atoms with van der Waals surface area (Å²) in [5.74, 6) is 1.65. The Labute approximate surface area is 164 Å². The van der Waals surface area contributed by atoms with Crippen molar-refractivity contribution in [3.05, 3.63) is 0 Å². The Balaban J connectivity index is 0.00000288. The predicted octanol–water partition coefficient (Wildman–Crippen LogP) is 1.70. The van der Waals surface area contributed by atoms with E-state index < -0.39 is 0 Å². The van der Waals surface area contributed by atoms with E-state index in [1.54, 1.807) is 0 Å². The highest BCUT2D eigenvalue weighted by Gasteiger charge is 2.21. The Kier molecular flexibility index (Phi) is 12.0. The highest BCUT2D eigenvalue weighted by Crippen LogP contribution is 2.15. The first-order chi connectivity index (χ1) is 11.3. The van der Waals surface area contributed by atoms with Crippen LogP contribution in [0.4, 0.5) is 0 Å². The normalized spacial score (nSPS) is 24.8. The average molecular weight is 454 g/mol. The number of nitrogens with one attached hydrogen (secondary N) is 2.